The number of benzene rings is 3. The Labute approximate surface area is 187 Å². The van der Waals surface area contributed by atoms with Crippen molar-refractivity contribution in [2.75, 3.05) is 24.5 Å². The number of hydrogen-bond donors (Lipinski definition) is 0. The molecule has 0 atom stereocenters. The van der Waals surface area contributed by atoms with Crippen molar-refractivity contribution in [3.05, 3.63) is 77.1 Å². The van der Waals surface area contributed by atoms with E-state index in [0.29, 0.717) is 43.7 Å². The molecular weight excluding hydrogens is 403 g/mol. The Morgan fingerprint density at radius 1 is 0.969 bits per heavy atom. The summed E-state index contributed by atoms with van der Waals surface area (Å²) in [5.74, 6) is -0.488. The van der Waals surface area contributed by atoms with Crippen molar-refractivity contribution in [1.82, 2.24) is 4.90 Å². The van der Waals surface area contributed by atoms with Gasteiger partial charge < -0.3 is 9.80 Å². The number of amides is 2. The Morgan fingerprint density at radius 3 is 2.53 bits per heavy atom. The summed E-state index contributed by atoms with van der Waals surface area (Å²) in [5, 5.41) is 2.00. The standard InChI is InChI=1S/C27H27FN2O2/c1-18-16-21-8-5-13-30(25(21)24(28)17-18)26(31)20-11-14-29(15-12-20)27(32)23-10-4-7-19-6-2-3-9-22(19)23/h2-4,6-7,9-10,16-17,20H,5,8,11-15H2,1H3. The van der Waals surface area contributed by atoms with Gasteiger partial charge in [-0.05, 0) is 66.6 Å². The quantitative estimate of drug-likeness (QED) is 0.566. The van der Waals surface area contributed by atoms with Crippen molar-refractivity contribution in [3.63, 3.8) is 0 Å². The van der Waals surface area contributed by atoms with Crippen LogP contribution in [0.2, 0.25) is 0 Å². The van der Waals surface area contributed by atoms with E-state index in [-0.39, 0.29) is 23.5 Å². The van der Waals surface area contributed by atoms with Gasteiger partial charge in [-0.15, -0.1) is 0 Å². The fourth-order valence-corrected chi connectivity index (χ4v) is 5.19. The zero-order valence-electron chi connectivity index (χ0n) is 18.3. The molecule has 1 saturated heterocycles. The lowest BCUT2D eigenvalue weighted by molar-refractivity contribution is -0.123. The van der Waals surface area contributed by atoms with Gasteiger partial charge in [0.1, 0.15) is 5.82 Å². The van der Waals surface area contributed by atoms with Gasteiger partial charge in [0.2, 0.25) is 5.91 Å². The normalized spacial score (nSPS) is 16.8. The maximum absolute atomic E-state index is 14.7. The number of carbonyl (C=O) groups is 2. The van der Waals surface area contributed by atoms with E-state index >= 15 is 0 Å². The van der Waals surface area contributed by atoms with E-state index in [0.717, 1.165) is 34.7 Å². The molecule has 0 radical (unpaired) electrons. The molecule has 0 unspecified atom stereocenters. The van der Waals surface area contributed by atoms with Crippen LogP contribution in [0.4, 0.5) is 10.1 Å². The number of fused-ring (bicyclic) bond motifs is 2. The molecule has 0 N–H and O–H groups in total. The number of likely N-dealkylation sites (tertiary alicyclic amines) is 1. The third kappa shape index (κ3) is 3.66. The molecule has 32 heavy (non-hydrogen) atoms. The number of piperidine rings is 1. The lowest BCUT2D eigenvalue weighted by atomic mass is 9.92. The van der Waals surface area contributed by atoms with Crippen molar-refractivity contribution in [2.24, 2.45) is 5.92 Å². The highest BCUT2D eigenvalue weighted by molar-refractivity contribution is 6.07. The SMILES string of the molecule is Cc1cc(F)c2c(c1)CCCN2C(=O)C1CCN(C(=O)c2cccc3ccccc23)CC1. The number of aryl methyl sites for hydroxylation is 2. The lowest BCUT2D eigenvalue weighted by Crippen LogP contribution is -2.46. The molecule has 5 rings (SSSR count). The number of halogens is 1. The molecule has 0 bridgehead atoms. The van der Waals surface area contributed by atoms with Gasteiger partial charge in [-0.1, -0.05) is 42.5 Å². The van der Waals surface area contributed by atoms with E-state index in [1.54, 1.807) is 4.90 Å². The second-order valence-electron chi connectivity index (χ2n) is 8.94. The van der Waals surface area contributed by atoms with Crippen LogP contribution in [0, 0.1) is 18.7 Å². The highest BCUT2D eigenvalue weighted by Gasteiger charge is 2.34. The Hall–Kier alpha value is -3.21. The van der Waals surface area contributed by atoms with Crippen LogP contribution in [-0.4, -0.2) is 36.3 Å². The second kappa shape index (κ2) is 8.38. The zero-order valence-corrected chi connectivity index (χ0v) is 18.3. The number of anilines is 1. The molecule has 3 aromatic rings. The summed E-state index contributed by atoms with van der Waals surface area (Å²) in [6.45, 7) is 3.51. The first-order chi connectivity index (χ1) is 15.5. The van der Waals surface area contributed by atoms with Crippen molar-refractivity contribution >= 4 is 28.3 Å². The molecule has 0 aliphatic carbocycles. The summed E-state index contributed by atoms with van der Waals surface area (Å²) < 4.78 is 14.7. The number of carbonyl (C=O) groups excluding carboxylic acids is 2. The third-order valence-corrected chi connectivity index (χ3v) is 6.80. The average Bonchev–Trinajstić information content (AvgIpc) is 2.82. The van der Waals surface area contributed by atoms with Gasteiger partial charge >= 0.3 is 0 Å². The van der Waals surface area contributed by atoms with Gasteiger partial charge in [-0.25, -0.2) is 4.39 Å². The summed E-state index contributed by atoms with van der Waals surface area (Å²) >= 11 is 0. The van der Waals surface area contributed by atoms with Crippen LogP contribution in [0.3, 0.4) is 0 Å². The first-order valence-corrected chi connectivity index (χ1v) is 11.4. The lowest BCUT2D eigenvalue weighted by Gasteiger charge is -2.36. The van der Waals surface area contributed by atoms with Gasteiger partial charge in [0.05, 0.1) is 5.69 Å². The van der Waals surface area contributed by atoms with Gasteiger partial charge in [-0.2, -0.15) is 0 Å². The fourth-order valence-electron chi connectivity index (χ4n) is 5.19. The summed E-state index contributed by atoms with van der Waals surface area (Å²) in [6.07, 6.45) is 2.86. The highest BCUT2D eigenvalue weighted by atomic mass is 19.1. The van der Waals surface area contributed by atoms with Crippen molar-refractivity contribution in [2.45, 2.75) is 32.6 Å². The number of hydrogen-bond acceptors (Lipinski definition) is 2. The minimum atomic E-state index is -0.309. The van der Waals surface area contributed by atoms with Crippen LogP contribution in [0.5, 0.6) is 0 Å². The van der Waals surface area contributed by atoms with E-state index in [1.807, 2.05) is 60.4 Å². The van der Waals surface area contributed by atoms with E-state index in [4.69, 9.17) is 0 Å². The molecule has 2 aliphatic rings. The molecule has 2 heterocycles. The summed E-state index contributed by atoms with van der Waals surface area (Å²) in [4.78, 5) is 30.0. The summed E-state index contributed by atoms with van der Waals surface area (Å²) in [7, 11) is 0. The van der Waals surface area contributed by atoms with E-state index < -0.39 is 0 Å². The topological polar surface area (TPSA) is 40.6 Å². The van der Waals surface area contributed by atoms with Crippen molar-refractivity contribution in [3.8, 4) is 0 Å². The Bertz CT molecular complexity index is 1190. The van der Waals surface area contributed by atoms with Crippen LogP contribution in [-0.2, 0) is 11.2 Å². The van der Waals surface area contributed by atoms with E-state index in [2.05, 4.69) is 0 Å². The van der Waals surface area contributed by atoms with Crippen LogP contribution >= 0.6 is 0 Å². The minimum absolute atomic E-state index is 0.00837. The van der Waals surface area contributed by atoms with E-state index in [9.17, 15) is 14.0 Å². The van der Waals surface area contributed by atoms with Crippen LogP contribution in [0.15, 0.2) is 54.6 Å². The van der Waals surface area contributed by atoms with Crippen molar-refractivity contribution in [1.29, 1.82) is 0 Å². The molecule has 3 aromatic carbocycles. The van der Waals surface area contributed by atoms with Crippen LogP contribution in [0.25, 0.3) is 10.8 Å². The summed E-state index contributed by atoms with van der Waals surface area (Å²) in [6, 6.07) is 17.2. The average molecular weight is 431 g/mol. The Kier molecular flexibility index (Phi) is 5.41. The first kappa shape index (κ1) is 20.7. The molecule has 0 spiro atoms. The maximum Gasteiger partial charge on any atom is 0.254 e. The smallest absolute Gasteiger partial charge is 0.254 e. The predicted octanol–water partition coefficient (Wildman–Crippen LogP) is 5.12. The van der Waals surface area contributed by atoms with Gasteiger partial charge in [0.15, 0.2) is 0 Å². The molecule has 2 aliphatic heterocycles. The molecule has 2 amide bonds. The molecular formula is C27H27FN2O2. The Morgan fingerprint density at radius 2 is 1.72 bits per heavy atom. The molecule has 0 aromatic heterocycles. The van der Waals surface area contributed by atoms with E-state index in [1.165, 1.54) is 6.07 Å². The fraction of sp³-hybridized carbons (Fsp3) is 0.333. The van der Waals surface area contributed by atoms with Crippen LogP contribution in [0.1, 0.15) is 40.7 Å². The highest BCUT2D eigenvalue weighted by Crippen LogP contribution is 2.34. The summed E-state index contributed by atoms with van der Waals surface area (Å²) in [5.41, 5.74) is 2.97. The van der Waals surface area contributed by atoms with Crippen molar-refractivity contribution < 1.29 is 14.0 Å². The predicted molar refractivity (Wildman–Crippen MR) is 124 cm³/mol. The van der Waals surface area contributed by atoms with Gasteiger partial charge in [0, 0.05) is 31.1 Å². The molecule has 1 fully saturated rings. The molecule has 4 nitrogen and oxygen atoms in total. The largest absolute Gasteiger partial charge is 0.339 e. The van der Waals surface area contributed by atoms with Gasteiger partial charge in [0.25, 0.3) is 5.91 Å². The molecule has 0 saturated carbocycles. The Balaban J connectivity index is 1.30. The maximum atomic E-state index is 14.7. The first-order valence-electron chi connectivity index (χ1n) is 11.4. The number of rotatable bonds is 2. The second-order valence-corrected chi connectivity index (χ2v) is 8.94. The van der Waals surface area contributed by atoms with Gasteiger partial charge in [-0.3, -0.25) is 9.59 Å². The van der Waals surface area contributed by atoms with Crippen LogP contribution < -0.4 is 4.90 Å². The minimum Gasteiger partial charge on any atom is -0.339 e. The zero-order chi connectivity index (χ0) is 22.2. The monoisotopic (exact) mass is 430 g/mol. The molecule has 164 valence electrons. The molecule has 5 heteroatoms. The number of nitrogens with zero attached hydrogens (tertiary/aromatic N) is 2. The third-order valence-electron chi connectivity index (χ3n) is 6.80.